The molecule has 33 heavy (non-hydrogen) atoms. The smallest absolute Gasteiger partial charge is 0.262 e. The van der Waals surface area contributed by atoms with Crippen molar-refractivity contribution >= 4 is 50.9 Å². The molecule has 1 aromatic heterocycles. The predicted octanol–water partition coefficient (Wildman–Crippen LogP) is 6.69. The molecule has 0 saturated heterocycles. The summed E-state index contributed by atoms with van der Waals surface area (Å²) in [4.78, 5) is 16.1. The molecule has 0 amide bonds. The summed E-state index contributed by atoms with van der Waals surface area (Å²) in [5, 5.41) is 2.35. The summed E-state index contributed by atoms with van der Waals surface area (Å²) in [5.41, 5.74) is 4.22. The minimum absolute atomic E-state index is 0.0399. The molecule has 0 radical (unpaired) electrons. The number of allylic oxidation sites excluding steroid dienone is 8. The van der Waals surface area contributed by atoms with Gasteiger partial charge in [0.15, 0.2) is 5.78 Å². The second kappa shape index (κ2) is 9.38. The number of hydrogen-bond acceptors (Lipinski definition) is 4. The fourth-order valence-corrected chi connectivity index (χ4v) is 6.39. The van der Waals surface area contributed by atoms with Gasteiger partial charge < -0.3 is 4.90 Å². The van der Waals surface area contributed by atoms with E-state index in [0.29, 0.717) is 5.57 Å². The minimum Gasteiger partial charge on any atom is -0.335 e. The predicted molar refractivity (Wildman–Crippen MR) is 140 cm³/mol. The summed E-state index contributed by atoms with van der Waals surface area (Å²) in [6.07, 6.45) is 13.8. The number of para-hydroxylation sites is 2. The van der Waals surface area contributed by atoms with Crippen LogP contribution in [-0.4, -0.2) is 12.3 Å². The van der Waals surface area contributed by atoms with E-state index in [1.807, 2.05) is 18.2 Å². The van der Waals surface area contributed by atoms with Gasteiger partial charge in [0.05, 0.1) is 10.7 Å². The fraction of sp³-hybridized carbons (Fsp3) is 0.143. The molecule has 3 aromatic rings. The van der Waals surface area contributed by atoms with Crippen molar-refractivity contribution in [1.82, 2.24) is 0 Å². The average molecular weight is 470 g/mol. The van der Waals surface area contributed by atoms with Crippen LogP contribution in [-0.2, 0) is 11.3 Å². The molecule has 0 fully saturated rings. The van der Waals surface area contributed by atoms with Crippen LogP contribution >= 0.6 is 23.1 Å². The molecular weight excluding hydrogens is 444 g/mol. The normalized spacial score (nSPS) is 18.2. The third-order valence-corrected chi connectivity index (χ3v) is 8.02. The van der Waals surface area contributed by atoms with Crippen LogP contribution in [0.4, 0.5) is 5.69 Å². The van der Waals surface area contributed by atoms with Crippen LogP contribution in [0.2, 0.25) is 0 Å². The molecule has 5 heteroatoms. The lowest BCUT2D eigenvalue weighted by atomic mass is 10.00. The first-order valence-corrected chi connectivity index (χ1v) is 12.8. The molecule has 0 saturated carbocycles. The second-order valence-corrected chi connectivity index (χ2v) is 9.89. The van der Waals surface area contributed by atoms with Gasteiger partial charge in [0.25, 0.3) is 5.01 Å². The number of rotatable bonds is 5. The van der Waals surface area contributed by atoms with E-state index < -0.39 is 0 Å². The third kappa shape index (κ3) is 4.26. The van der Waals surface area contributed by atoms with Crippen molar-refractivity contribution < 1.29 is 9.36 Å². The van der Waals surface area contributed by atoms with Crippen LogP contribution in [0.1, 0.15) is 18.9 Å². The van der Waals surface area contributed by atoms with E-state index in [1.54, 1.807) is 29.2 Å². The highest BCUT2D eigenvalue weighted by Crippen LogP contribution is 2.45. The van der Waals surface area contributed by atoms with E-state index in [0.717, 1.165) is 23.7 Å². The minimum atomic E-state index is 0.0399. The summed E-state index contributed by atoms with van der Waals surface area (Å²) < 4.78 is 3.61. The zero-order valence-corrected chi connectivity index (χ0v) is 20.3. The Kier molecular flexibility index (Phi) is 6.16. The van der Waals surface area contributed by atoms with Crippen LogP contribution in [0.25, 0.3) is 16.3 Å². The SMILES string of the molecule is CCN1/C(=C/C=C2C=C(/C=C/c3sc4ccccc4[n+]3CC)C=CC/2=O)Sc2ccccc21. The van der Waals surface area contributed by atoms with Gasteiger partial charge in [0, 0.05) is 29.2 Å². The molecule has 0 N–H and O–H groups in total. The van der Waals surface area contributed by atoms with E-state index in [-0.39, 0.29) is 5.78 Å². The number of hydrogen-bond donors (Lipinski definition) is 0. The first kappa shape index (κ1) is 21.7. The molecule has 0 atom stereocenters. The number of aryl methyl sites for hydroxylation is 1. The lowest BCUT2D eigenvalue weighted by Gasteiger charge is -2.17. The number of nitrogens with zero attached hydrogens (tertiary/aromatic N) is 2. The molecule has 2 aromatic carbocycles. The lowest BCUT2D eigenvalue weighted by Crippen LogP contribution is -2.33. The molecule has 1 aliphatic heterocycles. The van der Waals surface area contributed by atoms with Gasteiger partial charge in [-0.15, -0.1) is 0 Å². The number of ketones is 1. The van der Waals surface area contributed by atoms with E-state index in [1.165, 1.54) is 25.8 Å². The van der Waals surface area contributed by atoms with Gasteiger partial charge in [0.1, 0.15) is 11.2 Å². The third-order valence-electron chi connectivity index (χ3n) is 5.76. The Morgan fingerprint density at radius 3 is 2.64 bits per heavy atom. The summed E-state index contributed by atoms with van der Waals surface area (Å²) >= 11 is 3.54. The van der Waals surface area contributed by atoms with Crippen molar-refractivity contribution in [2.24, 2.45) is 0 Å². The Morgan fingerprint density at radius 2 is 1.79 bits per heavy atom. The number of thiazole rings is 1. The highest BCUT2D eigenvalue weighted by atomic mass is 32.2. The zero-order valence-electron chi connectivity index (χ0n) is 18.7. The van der Waals surface area contributed by atoms with Crippen molar-refractivity contribution in [2.45, 2.75) is 25.3 Å². The topological polar surface area (TPSA) is 24.2 Å². The van der Waals surface area contributed by atoms with Gasteiger partial charge in [0.2, 0.25) is 5.52 Å². The van der Waals surface area contributed by atoms with Crippen LogP contribution < -0.4 is 9.47 Å². The number of anilines is 1. The Hall–Kier alpha value is -3.15. The van der Waals surface area contributed by atoms with Crippen LogP contribution in [0, 0.1) is 0 Å². The first-order chi connectivity index (χ1) is 16.2. The average Bonchev–Trinajstić information content (AvgIpc) is 3.39. The molecule has 0 unspecified atom stereocenters. The van der Waals surface area contributed by atoms with Gasteiger partial charge in [-0.1, -0.05) is 53.4 Å². The summed E-state index contributed by atoms with van der Waals surface area (Å²) in [7, 11) is 0. The van der Waals surface area contributed by atoms with Gasteiger partial charge in [-0.25, -0.2) is 0 Å². The molecule has 2 aliphatic rings. The Bertz CT molecular complexity index is 1390. The number of carbonyl (C=O) groups is 1. The maximum absolute atomic E-state index is 12.5. The van der Waals surface area contributed by atoms with Crippen LogP contribution in [0.15, 0.2) is 106 Å². The number of aromatic nitrogens is 1. The van der Waals surface area contributed by atoms with Gasteiger partial charge in [-0.2, -0.15) is 4.57 Å². The van der Waals surface area contributed by atoms with Crippen molar-refractivity contribution in [2.75, 3.05) is 11.4 Å². The number of benzene rings is 2. The zero-order chi connectivity index (χ0) is 22.8. The Balaban J connectivity index is 1.42. The highest BCUT2D eigenvalue weighted by Gasteiger charge is 2.23. The van der Waals surface area contributed by atoms with Crippen molar-refractivity contribution in [3.63, 3.8) is 0 Å². The van der Waals surface area contributed by atoms with E-state index in [4.69, 9.17) is 0 Å². The molecule has 0 spiro atoms. The number of thioether (sulfide) groups is 1. The maximum atomic E-state index is 12.5. The van der Waals surface area contributed by atoms with Gasteiger partial charge in [-0.05, 0) is 68.0 Å². The number of fused-ring (bicyclic) bond motifs is 2. The van der Waals surface area contributed by atoms with Gasteiger partial charge in [-0.3, -0.25) is 4.79 Å². The fourth-order valence-electron chi connectivity index (χ4n) is 4.14. The molecule has 1 aliphatic carbocycles. The molecule has 164 valence electrons. The summed E-state index contributed by atoms with van der Waals surface area (Å²) in [5.74, 6) is 0.0399. The van der Waals surface area contributed by atoms with Crippen LogP contribution in [0.3, 0.4) is 0 Å². The summed E-state index contributed by atoms with van der Waals surface area (Å²) in [6.45, 7) is 6.13. The molecule has 3 nitrogen and oxygen atoms in total. The second-order valence-electron chi connectivity index (χ2n) is 7.77. The largest absolute Gasteiger partial charge is 0.335 e. The number of carbonyl (C=O) groups excluding carboxylic acids is 1. The maximum Gasteiger partial charge on any atom is 0.262 e. The van der Waals surface area contributed by atoms with Crippen molar-refractivity contribution in [1.29, 1.82) is 0 Å². The van der Waals surface area contributed by atoms with Crippen LogP contribution in [0.5, 0.6) is 0 Å². The standard InChI is InChI=1S/C28H25N2OS2/c1-3-29-22-9-5-7-11-25(22)32-27(29)17-14-20-13-16-24(31)21(19-20)15-18-28-30(4-2)23-10-6-8-12-26(23)33-28/h5-19H,3-4H2,1-2H3/q+1. The van der Waals surface area contributed by atoms with E-state index in [2.05, 4.69) is 90.1 Å². The van der Waals surface area contributed by atoms with Gasteiger partial charge >= 0.3 is 0 Å². The van der Waals surface area contributed by atoms with E-state index in [9.17, 15) is 4.79 Å². The Labute approximate surface area is 202 Å². The van der Waals surface area contributed by atoms with E-state index >= 15 is 0 Å². The molecule has 2 heterocycles. The van der Waals surface area contributed by atoms with Crippen molar-refractivity contribution in [3.8, 4) is 0 Å². The quantitative estimate of drug-likeness (QED) is 0.307. The summed E-state index contributed by atoms with van der Waals surface area (Å²) in [6, 6.07) is 16.9. The monoisotopic (exact) mass is 469 g/mol. The van der Waals surface area contributed by atoms with Crippen molar-refractivity contribution in [3.05, 3.63) is 106 Å². The molecular formula is C28H25N2OS2+. The Morgan fingerprint density at radius 1 is 0.970 bits per heavy atom. The first-order valence-electron chi connectivity index (χ1n) is 11.2. The molecule has 0 bridgehead atoms. The lowest BCUT2D eigenvalue weighted by molar-refractivity contribution is -0.665. The highest BCUT2D eigenvalue weighted by molar-refractivity contribution is 8.03. The molecule has 5 rings (SSSR count).